The Balaban J connectivity index is 0.000000298. The largest absolute Gasteiger partial charge is 0.490 e. The van der Waals surface area contributed by atoms with Crippen molar-refractivity contribution in [2.45, 2.75) is 31.0 Å². The number of alkyl halides is 3. The van der Waals surface area contributed by atoms with E-state index in [0.717, 1.165) is 38.2 Å². The van der Waals surface area contributed by atoms with Gasteiger partial charge in [-0.05, 0) is 49.0 Å². The van der Waals surface area contributed by atoms with Crippen LogP contribution in [0.25, 0.3) is 0 Å². The molecule has 0 bridgehead atoms. The van der Waals surface area contributed by atoms with Gasteiger partial charge < -0.3 is 10.0 Å². The topological polar surface area (TPSA) is 60.9 Å². The number of amides is 1. The number of para-hydroxylation sites is 1. The molecule has 3 heterocycles. The molecule has 29 heavy (non-hydrogen) atoms. The molecule has 1 amide bonds. The number of nitrogens with zero attached hydrogens (tertiary/aromatic N) is 2. The quantitative estimate of drug-likeness (QED) is 0.792. The molecule has 0 saturated carbocycles. The minimum Gasteiger partial charge on any atom is -0.475 e. The fraction of sp³-hybridized carbons (Fsp3) is 0.400. The first-order valence-electron chi connectivity index (χ1n) is 9.08. The highest BCUT2D eigenvalue weighted by molar-refractivity contribution is 7.09. The second-order valence-electron chi connectivity index (χ2n) is 7.12. The zero-order valence-electron chi connectivity index (χ0n) is 15.8. The van der Waals surface area contributed by atoms with E-state index in [9.17, 15) is 18.0 Å². The zero-order valence-corrected chi connectivity index (χ0v) is 16.6. The average molecular weight is 426 g/mol. The highest BCUT2D eigenvalue weighted by Crippen LogP contribution is 2.47. The third-order valence-corrected chi connectivity index (χ3v) is 6.27. The number of carboxylic acids is 1. The Bertz CT molecular complexity index is 875. The van der Waals surface area contributed by atoms with Crippen LogP contribution in [0.15, 0.2) is 41.8 Å². The average Bonchev–Trinajstić information content (AvgIpc) is 3.26. The van der Waals surface area contributed by atoms with E-state index < -0.39 is 12.1 Å². The summed E-state index contributed by atoms with van der Waals surface area (Å²) in [6.45, 7) is 3.00. The van der Waals surface area contributed by atoms with Gasteiger partial charge in [0.25, 0.3) is 0 Å². The molecule has 2 aliphatic rings. The highest BCUT2D eigenvalue weighted by Gasteiger charge is 2.50. The van der Waals surface area contributed by atoms with Gasteiger partial charge in [0.2, 0.25) is 5.91 Å². The van der Waals surface area contributed by atoms with Gasteiger partial charge >= 0.3 is 12.1 Å². The lowest BCUT2D eigenvalue weighted by Crippen LogP contribution is -2.47. The first-order chi connectivity index (χ1) is 13.6. The third-order valence-electron chi connectivity index (χ3n) is 5.41. The van der Waals surface area contributed by atoms with Crippen molar-refractivity contribution >= 4 is 28.9 Å². The standard InChI is InChI=1S/C18H20N2OS.C2HF3O2/c1-19-16-7-3-2-6-15(16)18(17(19)21)8-10-20(11-9-18)13-14-5-4-12-22-14;3-2(4,5)1(6)7/h2-7,12H,8-11,13H2,1H3;(H,6,7). The van der Waals surface area contributed by atoms with Crippen LogP contribution in [0.3, 0.4) is 0 Å². The molecule has 0 radical (unpaired) electrons. The molecule has 4 rings (SSSR count). The summed E-state index contributed by atoms with van der Waals surface area (Å²) in [5.74, 6) is -2.48. The van der Waals surface area contributed by atoms with E-state index in [1.165, 1.54) is 10.4 Å². The Morgan fingerprint density at radius 2 is 1.79 bits per heavy atom. The minimum atomic E-state index is -5.08. The number of thiophene rings is 1. The van der Waals surface area contributed by atoms with Crippen LogP contribution in [-0.4, -0.2) is 48.2 Å². The van der Waals surface area contributed by atoms with E-state index in [4.69, 9.17) is 9.90 Å². The molecule has 1 fully saturated rings. The molecule has 1 spiro atoms. The maximum absolute atomic E-state index is 12.9. The predicted molar refractivity (Wildman–Crippen MR) is 104 cm³/mol. The van der Waals surface area contributed by atoms with E-state index >= 15 is 0 Å². The summed E-state index contributed by atoms with van der Waals surface area (Å²) in [6, 6.07) is 12.6. The summed E-state index contributed by atoms with van der Waals surface area (Å²) < 4.78 is 31.7. The summed E-state index contributed by atoms with van der Waals surface area (Å²) in [5.41, 5.74) is 2.05. The normalized spacial score (nSPS) is 18.3. The second-order valence-corrected chi connectivity index (χ2v) is 8.15. The van der Waals surface area contributed by atoms with Crippen LogP contribution in [0, 0.1) is 0 Å². The zero-order chi connectivity index (χ0) is 21.2. The Hall–Kier alpha value is -2.39. The van der Waals surface area contributed by atoms with Gasteiger partial charge in [0, 0.05) is 24.2 Å². The molecule has 0 aliphatic carbocycles. The number of likely N-dealkylation sites (tertiary alicyclic amines) is 1. The van der Waals surface area contributed by atoms with Gasteiger partial charge in [0.15, 0.2) is 0 Å². The number of carbonyl (C=O) groups excluding carboxylic acids is 1. The van der Waals surface area contributed by atoms with Crippen molar-refractivity contribution in [3.8, 4) is 0 Å². The molecule has 0 unspecified atom stereocenters. The number of aliphatic carboxylic acids is 1. The van der Waals surface area contributed by atoms with Gasteiger partial charge in [-0.2, -0.15) is 13.2 Å². The molecule has 5 nitrogen and oxygen atoms in total. The smallest absolute Gasteiger partial charge is 0.475 e. The van der Waals surface area contributed by atoms with Crippen molar-refractivity contribution in [1.29, 1.82) is 0 Å². The van der Waals surface area contributed by atoms with Crippen molar-refractivity contribution in [2.75, 3.05) is 25.0 Å². The van der Waals surface area contributed by atoms with Crippen LogP contribution in [0.5, 0.6) is 0 Å². The molecular formula is C20H21F3N2O3S. The monoisotopic (exact) mass is 426 g/mol. The Morgan fingerprint density at radius 3 is 2.34 bits per heavy atom. The number of piperidine rings is 1. The number of carboxylic acid groups (broad SMARTS) is 1. The number of hydrogen-bond donors (Lipinski definition) is 1. The fourth-order valence-electron chi connectivity index (χ4n) is 3.92. The van der Waals surface area contributed by atoms with Crippen molar-refractivity contribution in [3.05, 3.63) is 52.2 Å². The lowest BCUT2D eigenvalue weighted by atomic mass is 9.73. The lowest BCUT2D eigenvalue weighted by molar-refractivity contribution is -0.192. The van der Waals surface area contributed by atoms with Gasteiger partial charge in [-0.1, -0.05) is 24.3 Å². The first kappa shape index (κ1) is 21.3. The van der Waals surface area contributed by atoms with Gasteiger partial charge in [-0.25, -0.2) is 4.79 Å². The molecule has 0 atom stereocenters. The van der Waals surface area contributed by atoms with Gasteiger partial charge in [0.05, 0.1) is 5.41 Å². The predicted octanol–water partition coefficient (Wildman–Crippen LogP) is 3.89. The van der Waals surface area contributed by atoms with Crippen LogP contribution in [0.1, 0.15) is 23.3 Å². The summed E-state index contributed by atoms with van der Waals surface area (Å²) >= 11 is 1.81. The van der Waals surface area contributed by atoms with E-state index in [-0.39, 0.29) is 11.3 Å². The van der Waals surface area contributed by atoms with E-state index in [2.05, 4.69) is 40.6 Å². The van der Waals surface area contributed by atoms with Crippen LogP contribution in [-0.2, 0) is 21.5 Å². The summed E-state index contributed by atoms with van der Waals surface area (Å²) in [7, 11) is 1.91. The van der Waals surface area contributed by atoms with Crippen LogP contribution < -0.4 is 4.90 Å². The summed E-state index contributed by atoms with van der Waals surface area (Å²) in [5, 5.41) is 9.26. The number of fused-ring (bicyclic) bond motifs is 2. The fourth-order valence-corrected chi connectivity index (χ4v) is 4.66. The summed E-state index contributed by atoms with van der Waals surface area (Å²) in [4.78, 5) is 27.5. The number of likely N-dealkylation sites (N-methyl/N-ethyl adjacent to an activating group) is 1. The number of benzene rings is 1. The van der Waals surface area contributed by atoms with Crippen LogP contribution >= 0.6 is 11.3 Å². The number of anilines is 1. The van der Waals surface area contributed by atoms with Crippen molar-refractivity contribution in [3.63, 3.8) is 0 Å². The number of carbonyl (C=O) groups is 2. The van der Waals surface area contributed by atoms with Crippen molar-refractivity contribution < 1.29 is 27.9 Å². The molecule has 2 aromatic rings. The van der Waals surface area contributed by atoms with Crippen LogP contribution in [0.2, 0.25) is 0 Å². The molecule has 156 valence electrons. The van der Waals surface area contributed by atoms with Gasteiger partial charge in [-0.3, -0.25) is 9.69 Å². The SMILES string of the molecule is CN1C(=O)C2(CCN(Cc3cccs3)CC2)c2ccccc21.O=C(O)C(F)(F)F. The minimum absolute atomic E-state index is 0.280. The van der Waals surface area contributed by atoms with Crippen molar-refractivity contribution in [1.82, 2.24) is 4.90 Å². The van der Waals surface area contributed by atoms with Crippen LogP contribution in [0.4, 0.5) is 18.9 Å². The van der Waals surface area contributed by atoms with E-state index in [0.29, 0.717) is 0 Å². The number of halogens is 3. The molecule has 1 N–H and O–H groups in total. The molecule has 1 aromatic heterocycles. The van der Waals surface area contributed by atoms with E-state index in [1.807, 2.05) is 29.4 Å². The van der Waals surface area contributed by atoms with Crippen molar-refractivity contribution in [2.24, 2.45) is 0 Å². The van der Waals surface area contributed by atoms with Gasteiger partial charge in [-0.15, -0.1) is 11.3 Å². The maximum Gasteiger partial charge on any atom is 0.490 e. The molecule has 9 heteroatoms. The first-order valence-corrected chi connectivity index (χ1v) is 9.95. The highest BCUT2D eigenvalue weighted by atomic mass is 32.1. The molecule has 1 aromatic carbocycles. The summed E-state index contributed by atoms with van der Waals surface area (Å²) in [6.07, 6.45) is -3.23. The second kappa shape index (κ2) is 8.16. The maximum atomic E-state index is 12.9. The van der Waals surface area contributed by atoms with Gasteiger partial charge in [0.1, 0.15) is 0 Å². The number of hydrogen-bond acceptors (Lipinski definition) is 4. The molecular weight excluding hydrogens is 405 g/mol. The Morgan fingerprint density at radius 1 is 1.17 bits per heavy atom. The number of rotatable bonds is 2. The lowest BCUT2D eigenvalue weighted by Gasteiger charge is -2.38. The van der Waals surface area contributed by atoms with E-state index in [1.54, 1.807) is 0 Å². The Labute approximate surface area is 170 Å². The Kier molecular flexibility index (Phi) is 6.00. The molecule has 2 aliphatic heterocycles. The molecule has 1 saturated heterocycles. The third kappa shape index (κ3) is 4.30.